The number of allylic oxidation sites excluding steroid dienone is 1. The molecular formula is C14H16O4. The molecule has 0 radical (unpaired) electrons. The zero-order chi connectivity index (χ0) is 13.4. The monoisotopic (exact) mass is 248 g/mol. The van der Waals surface area contributed by atoms with Gasteiger partial charge < -0.3 is 9.84 Å². The molecule has 0 spiro atoms. The summed E-state index contributed by atoms with van der Waals surface area (Å²) in [4.78, 5) is 21.6. The molecule has 18 heavy (non-hydrogen) atoms. The van der Waals surface area contributed by atoms with Crippen molar-refractivity contribution in [1.29, 1.82) is 0 Å². The highest BCUT2D eigenvalue weighted by Gasteiger charge is 2.02. The number of ether oxygens (including phenoxy) is 1. The van der Waals surface area contributed by atoms with Gasteiger partial charge in [0.05, 0.1) is 12.2 Å². The summed E-state index contributed by atoms with van der Waals surface area (Å²) in [5.74, 6) is -0.277. The fraction of sp³-hybridized carbons (Fsp3) is 0.286. The molecule has 0 atom stereocenters. The van der Waals surface area contributed by atoms with E-state index in [4.69, 9.17) is 9.84 Å². The summed E-state index contributed by atoms with van der Waals surface area (Å²) in [5, 5.41) is 8.72. The molecule has 0 aliphatic heterocycles. The van der Waals surface area contributed by atoms with E-state index in [2.05, 4.69) is 6.58 Å². The first kappa shape index (κ1) is 14.0. The molecule has 0 aliphatic rings. The van der Waals surface area contributed by atoms with Gasteiger partial charge in [0.2, 0.25) is 0 Å². The fourth-order valence-corrected chi connectivity index (χ4v) is 1.39. The zero-order valence-corrected chi connectivity index (χ0v) is 10.1. The van der Waals surface area contributed by atoms with Crippen LogP contribution in [0.1, 0.15) is 29.6 Å². The summed E-state index contributed by atoms with van der Waals surface area (Å²) in [5.41, 5.74) is 0.235. The van der Waals surface area contributed by atoms with Crippen LogP contribution in [0.5, 0.6) is 5.75 Å². The molecule has 0 heterocycles. The fourth-order valence-electron chi connectivity index (χ4n) is 1.39. The first-order valence-corrected chi connectivity index (χ1v) is 5.75. The van der Waals surface area contributed by atoms with Crippen molar-refractivity contribution in [3.05, 3.63) is 42.5 Å². The standard InChI is InChI=1S/C14H16O4/c1-2-12(15)5-3-4-10-18-13-8-6-11(7-9-13)14(16)17/h2,6-9H,1,3-5,10H2,(H,16,17). The molecule has 0 unspecified atom stereocenters. The second kappa shape index (κ2) is 7.27. The molecule has 0 fully saturated rings. The smallest absolute Gasteiger partial charge is 0.335 e. The summed E-state index contributed by atoms with van der Waals surface area (Å²) < 4.78 is 5.43. The summed E-state index contributed by atoms with van der Waals surface area (Å²) in [6.07, 6.45) is 3.36. The van der Waals surface area contributed by atoms with Gasteiger partial charge in [-0.05, 0) is 43.2 Å². The molecule has 4 nitrogen and oxygen atoms in total. The van der Waals surface area contributed by atoms with Crippen LogP contribution in [0.15, 0.2) is 36.9 Å². The van der Waals surface area contributed by atoms with E-state index in [-0.39, 0.29) is 11.3 Å². The van der Waals surface area contributed by atoms with E-state index in [0.717, 1.165) is 12.8 Å². The van der Waals surface area contributed by atoms with Gasteiger partial charge in [-0.2, -0.15) is 0 Å². The Kier molecular flexibility index (Phi) is 5.64. The average Bonchev–Trinajstić information content (AvgIpc) is 2.38. The number of carbonyl (C=O) groups excluding carboxylic acids is 1. The van der Waals surface area contributed by atoms with Crippen LogP contribution >= 0.6 is 0 Å². The first-order valence-electron chi connectivity index (χ1n) is 5.75. The molecule has 1 aromatic carbocycles. The third kappa shape index (κ3) is 4.82. The number of ketones is 1. The van der Waals surface area contributed by atoms with Crippen molar-refractivity contribution >= 4 is 11.8 Å². The van der Waals surface area contributed by atoms with E-state index < -0.39 is 5.97 Å². The van der Waals surface area contributed by atoms with Crippen LogP contribution in [0, 0.1) is 0 Å². The summed E-state index contributed by atoms with van der Waals surface area (Å²) in [6.45, 7) is 3.91. The maximum absolute atomic E-state index is 10.9. The molecule has 1 rings (SSSR count). The Hall–Kier alpha value is -2.10. The topological polar surface area (TPSA) is 63.6 Å². The second-order valence-corrected chi connectivity index (χ2v) is 3.81. The van der Waals surface area contributed by atoms with Crippen molar-refractivity contribution in [1.82, 2.24) is 0 Å². The number of aromatic carboxylic acids is 1. The van der Waals surface area contributed by atoms with Gasteiger partial charge in [-0.3, -0.25) is 4.79 Å². The zero-order valence-electron chi connectivity index (χ0n) is 10.1. The molecule has 0 aromatic heterocycles. The van der Waals surface area contributed by atoms with Crippen LogP contribution < -0.4 is 4.74 Å². The number of carboxylic acid groups (broad SMARTS) is 1. The molecule has 96 valence electrons. The lowest BCUT2D eigenvalue weighted by molar-refractivity contribution is -0.114. The summed E-state index contributed by atoms with van der Waals surface area (Å²) in [7, 11) is 0. The molecule has 1 aromatic rings. The Morgan fingerprint density at radius 3 is 2.44 bits per heavy atom. The van der Waals surface area contributed by atoms with Crippen LogP contribution in [-0.2, 0) is 4.79 Å². The molecule has 0 amide bonds. The number of unbranched alkanes of at least 4 members (excludes halogenated alkanes) is 1. The van der Waals surface area contributed by atoms with Gasteiger partial charge >= 0.3 is 5.97 Å². The van der Waals surface area contributed by atoms with Crippen molar-refractivity contribution in [3.8, 4) is 5.75 Å². The lowest BCUT2D eigenvalue weighted by atomic mass is 10.2. The number of hydrogen-bond acceptors (Lipinski definition) is 3. The van der Waals surface area contributed by atoms with Crippen molar-refractivity contribution in [2.24, 2.45) is 0 Å². The van der Waals surface area contributed by atoms with E-state index in [0.29, 0.717) is 18.8 Å². The Labute approximate surface area is 106 Å². The number of benzene rings is 1. The minimum Gasteiger partial charge on any atom is -0.494 e. The van der Waals surface area contributed by atoms with Crippen LogP contribution in [0.2, 0.25) is 0 Å². The lowest BCUT2D eigenvalue weighted by Gasteiger charge is -2.05. The maximum atomic E-state index is 10.9. The average molecular weight is 248 g/mol. The van der Waals surface area contributed by atoms with Crippen molar-refractivity contribution < 1.29 is 19.4 Å². The number of hydrogen-bond donors (Lipinski definition) is 1. The largest absolute Gasteiger partial charge is 0.494 e. The summed E-state index contributed by atoms with van der Waals surface area (Å²) >= 11 is 0. The Morgan fingerprint density at radius 2 is 1.89 bits per heavy atom. The number of rotatable bonds is 8. The minimum atomic E-state index is -0.954. The van der Waals surface area contributed by atoms with E-state index in [1.54, 1.807) is 12.1 Å². The van der Waals surface area contributed by atoms with Crippen molar-refractivity contribution in [2.75, 3.05) is 6.61 Å². The van der Waals surface area contributed by atoms with Gasteiger partial charge in [-0.15, -0.1) is 0 Å². The maximum Gasteiger partial charge on any atom is 0.335 e. The Balaban J connectivity index is 2.25. The van der Waals surface area contributed by atoms with Crippen LogP contribution in [0.4, 0.5) is 0 Å². The first-order chi connectivity index (χ1) is 8.63. The lowest BCUT2D eigenvalue weighted by Crippen LogP contribution is -2.00. The van der Waals surface area contributed by atoms with Crippen LogP contribution in [-0.4, -0.2) is 23.5 Å². The quantitative estimate of drug-likeness (QED) is 0.567. The highest BCUT2D eigenvalue weighted by Crippen LogP contribution is 2.12. The van der Waals surface area contributed by atoms with Gasteiger partial charge in [0.15, 0.2) is 5.78 Å². The molecular weight excluding hydrogens is 232 g/mol. The number of carboxylic acids is 1. The van der Waals surface area contributed by atoms with E-state index in [1.165, 1.54) is 18.2 Å². The highest BCUT2D eigenvalue weighted by atomic mass is 16.5. The Bertz CT molecular complexity index is 420. The van der Waals surface area contributed by atoms with E-state index in [9.17, 15) is 9.59 Å². The molecule has 0 bridgehead atoms. The van der Waals surface area contributed by atoms with Gasteiger partial charge in [-0.25, -0.2) is 4.79 Å². The Morgan fingerprint density at radius 1 is 1.22 bits per heavy atom. The van der Waals surface area contributed by atoms with Crippen LogP contribution in [0.3, 0.4) is 0 Å². The highest BCUT2D eigenvalue weighted by molar-refractivity contribution is 5.89. The summed E-state index contributed by atoms with van der Waals surface area (Å²) in [6, 6.07) is 6.24. The molecule has 1 N–H and O–H groups in total. The molecule has 0 saturated carbocycles. The van der Waals surface area contributed by atoms with Gasteiger partial charge in [0.25, 0.3) is 0 Å². The van der Waals surface area contributed by atoms with Gasteiger partial charge in [0, 0.05) is 6.42 Å². The molecule has 0 aliphatic carbocycles. The predicted molar refractivity (Wildman–Crippen MR) is 68.0 cm³/mol. The third-order valence-corrected chi connectivity index (χ3v) is 2.42. The van der Waals surface area contributed by atoms with Gasteiger partial charge in [0.1, 0.15) is 5.75 Å². The van der Waals surface area contributed by atoms with E-state index in [1.807, 2.05) is 0 Å². The van der Waals surface area contributed by atoms with Crippen molar-refractivity contribution in [3.63, 3.8) is 0 Å². The van der Waals surface area contributed by atoms with E-state index >= 15 is 0 Å². The SMILES string of the molecule is C=CC(=O)CCCCOc1ccc(C(=O)O)cc1. The number of carbonyl (C=O) groups is 2. The normalized spacial score (nSPS) is 9.78. The van der Waals surface area contributed by atoms with Crippen molar-refractivity contribution in [2.45, 2.75) is 19.3 Å². The van der Waals surface area contributed by atoms with Gasteiger partial charge in [-0.1, -0.05) is 6.58 Å². The van der Waals surface area contributed by atoms with Crippen LogP contribution in [0.25, 0.3) is 0 Å². The molecule has 4 heteroatoms. The third-order valence-electron chi connectivity index (χ3n) is 2.42. The minimum absolute atomic E-state index is 0.0424. The second-order valence-electron chi connectivity index (χ2n) is 3.81. The predicted octanol–water partition coefficient (Wildman–Crippen LogP) is 2.69. The molecule has 0 saturated heterocycles.